The van der Waals surface area contributed by atoms with Crippen molar-refractivity contribution in [2.45, 2.75) is 33.1 Å². The van der Waals surface area contributed by atoms with E-state index in [1.54, 1.807) is 12.7 Å². The van der Waals surface area contributed by atoms with Crippen molar-refractivity contribution in [2.24, 2.45) is 17.3 Å². The predicted octanol–water partition coefficient (Wildman–Crippen LogP) is 3.02. The van der Waals surface area contributed by atoms with Crippen molar-refractivity contribution in [3.8, 4) is 0 Å². The van der Waals surface area contributed by atoms with Gasteiger partial charge in [-0.2, -0.15) is 0 Å². The largest absolute Gasteiger partial charge is 0.384 e. The Morgan fingerprint density at radius 2 is 2.31 bits per heavy atom. The number of allylic oxidation sites excluding steroid dienone is 1. The van der Waals surface area contributed by atoms with E-state index in [9.17, 15) is 0 Å². The van der Waals surface area contributed by atoms with E-state index in [1.807, 2.05) is 0 Å². The second-order valence-corrected chi connectivity index (χ2v) is 5.06. The van der Waals surface area contributed by atoms with Crippen LogP contribution in [0.5, 0.6) is 0 Å². The Labute approximate surface area is 81.2 Å². The highest BCUT2D eigenvalue weighted by Crippen LogP contribution is 2.59. The van der Waals surface area contributed by atoms with Crippen LogP contribution in [0.3, 0.4) is 0 Å². The highest BCUT2D eigenvalue weighted by Gasteiger charge is 2.50. The fourth-order valence-electron chi connectivity index (χ4n) is 2.98. The molecule has 13 heavy (non-hydrogen) atoms. The molecule has 1 saturated carbocycles. The Kier molecular flexibility index (Phi) is 2.23. The minimum atomic E-state index is 0.581. The number of hydrogen-bond acceptors (Lipinski definition) is 1. The average molecular weight is 180 g/mol. The minimum absolute atomic E-state index is 0.581. The molecule has 3 aliphatic rings. The zero-order valence-corrected chi connectivity index (χ0v) is 8.97. The van der Waals surface area contributed by atoms with E-state index in [2.05, 4.69) is 19.9 Å². The first-order chi connectivity index (χ1) is 6.16. The fourth-order valence-corrected chi connectivity index (χ4v) is 2.98. The average Bonchev–Trinajstić information content (AvgIpc) is 2.14. The Morgan fingerprint density at radius 1 is 1.54 bits per heavy atom. The van der Waals surface area contributed by atoms with Gasteiger partial charge in [0.05, 0.1) is 0 Å². The molecule has 3 rings (SSSR count). The molecule has 0 radical (unpaired) electrons. The summed E-state index contributed by atoms with van der Waals surface area (Å²) in [7, 11) is 1.79. The highest BCUT2D eigenvalue weighted by atomic mass is 16.5. The molecule has 0 aromatic carbocycles. The van der Waals surface area contributed by atoms with Crippen LogP contribution in [0.2, 0.25) is 0 Å². The number of fused-ring (bicyclic) bond motifs is 1. The van der Waals surface area contributed by atoms with Crippen molar-refractivity contribution in [3.05, 3.63) is 11.6 Å². The second kappa shape index (κ2) is 3.13. The molecule has 0 aliphatic heterocycles. The summed E-state index contributed by atoms with van der Waals surface area (Å²) >= 11 is 0. The van der Waals surface area contributed by atoms with Crippen molar-refractivity contribution in [3.63, 3.8) is 0 Å². The lowest BCUT2D eigenvalue weighted by atomic mass is 9.48. The zero-order valence-electron chi connectivity index (χ0n) is 8.97. The number of methoxy groups -OCH3 is 1. The molecule has 0 aromatic heterocycles. The van der Waals surface area contributed by atoms with Crippen LogP contribution >= 0.6 is 0 Å². The standard InChI is InChI=1S/C12H20O/c1-12(2)10-5-4-9(6-7-13-3)11(12)8-10/h4,10-11H,5-8H2,1-3H3/t10-,11-/m1/s1. The summed E-state index contributed by atoms with van der Waals surface area (Å²) in [4.78, 5) is 0. The lowest BCUT2D eigenvalue weighted by Crippen LogP contribution is -2.48. The van der Waals surface area contributed by atoms with Crippen molar-refractivity contribution in [1.82, 2.24) is 0 Å². The quantitative estimate of drug-likeness (QED) is 0.607. The van der Waals surface area contributed by atoms with Gasteiger partial charge < -0.3 is 4.74 Å². The van der Waals surface area contributed by atoms with Crippen molar-refractivity contribution in [2.75, 3.05) is 13.7 Å². The molecule has 1 fully saturated rings. The maximum absolute atomic E-state index is 5.14. The van der Waals surface area contributed by atoms with Gasteiger partial charge in [-0.15, -0.1) is 0 Å². The van der Waals surface area contributed by atoms with Crippen LogP contribution in [0.25, 0.3) is 0 Å². The number of ether oxygens (including phenoxy) is 1. The first-order valence-electron chi connectivity index (χ1n) is 5.34. The lowest BCUT2D eigenvalue weighted by Gasteiger charge is -2.56. The van der Waals surface area contributed by atoms with Crippen LogP contribution in [0.1, 0.15) is 33.1 Å². The molecule has 0 heterocycles. The number of rotatable bonds is 3. The summed E-state index contributed by atoms with van der Waals surface area (Å²) in [6, 6.07) is 0. The Bertz CT molecular complexity index is 227. The van der Waals surface area contributed by atoms with E-state index in [1.165, 1.54) is 12.8 Å². The van der Waals surface area contributed by atoms with E-state index in [4.69, 9.17) is 4.74 Å². The highest BCUT2D eigenvalue weighted by molar-refractivity contribution is 5.23. The van der Waals surface area contributed by atoms with Gasteiger partial charge in [-0.1, -0.05) is 25.5 Å². The van der Waals surface area contributed by atoms with Crippen LogP contribution in [-0.4, -0.2) is 13.7 Å². The van der Waals surface area contributed by atoms with E-state index in [-0.39, 0.29) is 0 Å². The third-order valence-corrected chi connectivity index (χ3v) is 4.18. The van der Waals surface area contributed by atoms with Crippen molar-refractivity contribution >= 4 is 0 Å². The summed E-state index contributed by atoms with van der Waals surface area (Å²) < 4.78 is 5.14. The van der Waals surface area contributed by atoms with Crippen molar-refractivity contribution in [1.29, 1.82) is 0 Å². The third kappa shape index (κ3) is 1.34. The van der Waals surface area contributed by atoms with E-state index < -0.39 is 0 Å². The topological polar surface area (TPSA) is 9.23 Å². The second-order valence-electron chi connectivity index (χ2n) is 5.06. The Balaban J connectivity index is 2.01. The van der Waals surface area contributed by atoms with Crippen LogP contribution in [0.15, 0.2) is 11.6 Å². The lowest BCUT2D eigenvalue weighted by molar-refractivity contribution is -0.0101. The number of hydrogen-bond donors (Lipinski definition) is 0. The molecule has 1 nitrogen and oxygen atoms in total. The van der Waals surface area contributed by atoms with E-state index in [0.717, 1.165) is 24.9 Å². The normalized spacial score (nSPS) is 35.2. The van der Waals surface area contributed by atoms with E-state index in [0.29, 0.717) is 5.41 Å². The molecule has 0 unspecified atom stereocenters. The molecule has 0 spiro atoms. The summed E-state index contributed by atoms with van der Waals surface area (Å²) in [5.41, 5.74) is 2.24. The molecule has 74 valence electrons. The van der Waals surface area contributed by atoms with Crippen LogP contribution in [0, 0.1) is 17.3 Å². The minimum Gasteiger partial charge on any atom is -0.384 e. The Morgan fingerprint density at radius 3 is 2.85 bits per heavy atom. The first-order valence-corrected chi connectivity index (χ1v) is 5.34. The smallest absolute Gasteiger partial charge is 0.0499 e. The van der Waals surface area contributed by atoms with Gasteiger partial charge in [0.1, 0.15) is 0 Å². The van der Waals surface area contributed by atoms with E-state index >= 15 is 0 Å². The van der Waals surface area contributed by atoms with Crippen LogP contribution in [-0.2, 0) is 4.74 Å². The molecule has 0 saturated heterocycles. The van der Waals surface area contributed by atoms with Gasteiger partial charge in [0.25, 0.3) is 0 Å². The molecule has 0 amide bonds. The van der Waals surface area contributed by atoms with Gasteiger partial charge in [0.2, 0.25) is 0 Å². The molecule has 2 bridgehead atoms. The summed E-state index contributed by atoms with van der Waals surface area (Å²) in [5.74, 6) is 1.82. The summed E-state index contributed by atoms with van der Waals surface area (Å²) in [6.45, 7) is 5.74. The molecule has 1 heteroatoms. The van der Waals surface area contributed by atoms with Gasteiger partial charge in [0, 0.05) is 13.7 Å². The molecule has 0 aromatic rings. The van der Waals surface area contributed by atoms with Gasteiger partial charge in [-0.3, -0.25) is 0 Å². The molecule has 0 N–H and O–H groups in total. The van der Waals surface area contributed by atoms with Gasteiger partial charge in [-0.05, 0) is 36.5 Å². The Hall–Kier alpha value is -0.300. The molecular formula is C12H20O. The molecular weight excluding hydrogens is 160 g/mol. The zero-order chi connectivity index (χ0) is 9.47. The summed E-state index contributed by atoms with van der Waals surface area (Å²) in [6.07, 6.45) is 6.35. The molecule has 2 atom stereocenters. The summed E-state index contributed by atoms with van der Waals surface area (Å²) in [5, 5.41) is 0. The van der Waals surface area contributed by atoms with Crippen LogP contribution in [0.4, 0.5) is 0 Å². The SMILES string of the molecule is COCCC1=CC[C@@H]2C[C@H]1C2(C)C. The van der Waals surface area contributed by atoms with Gasteiger partial charge >= 0.3 is 0 Å². The van der Waals surface area contributed by atoms with Crippen LogP contribution < -0.4 is 0 Å². The first kappa shape index (κ1) is 9.26. The van der Waals surface area contributed by atoms with Crippen molar-refractivity contribution < 1.29 is 4.74 Å². The maximum atomic E-state index is 5.14. The maximum Gasteiger partial charge on any atom is 0.0499 e. The van der Waals surface area contributed by atoms with Gasteiger partial charge in [-0.25, -0.2) is 0 Å². The fraction of sp³-hybridized carbons (Fsp3) is 0.833. The predicted molar refractivity (Wildman–Crippen MR) is 54.6 cm³/mol. The van der Waals surface area contributed by atoms with Gasteiger partial charge in [0.15, 0.2) is 0 Å². The monoisotopic (exact) mass is 180 g/mol. The molecule has 3 aliphatic carbocycles. The third-order valence-electron chi connectivity index (χ3n) is 4.18.